The maximum atomic E-state index is 12.0. The monoisotopic (exact) mass is 283 g/mol. The van der Waals surface area contributed by atoms with Crippen molar-refractivity contribution in [2.45, 2.75) is 0 Å². The van der Waals surface area contributed by atoms with Crippen molar-refractivity contribution < 1.29 is 9.53 Å². The molecule has 0 aliphatic heterocycles. The van der Waals surface area contributed by atoms with Gasteiger partial charge in [0.2, 0.25) is 0 Å². The predicted molar refractivity (Wildman–Crippen MR) is 77.3 cm³/mol. The molecule has 0 aromatic carbocycles. The molecule has 0 unspecified atom stereocenters. The molecule has 3 nitrogen and oxygen atoms in total. The summed E-state index contributed by atoms with van der Waals surface area (Å²) in [7, 11) is 0. The minimum Gasteiger partial charge on any atom is -0.422 e. The van der Waals surface area contributed by atoms with Gasteiger partial charge < -0.3 is 4.74 Å². The van der Waals surface area contributed by atoms with Crippen LogP contribution in [0.5, 0.6) is 5.75 Å². The standard InChI is InChI=1S/C16H10ClNO2/c17-13-5-3-11-4-8-15(14(11)7-6-13)20-16(19)12-2-1-9-18-10-12/h1-10H. The maximum Gasteiger partial charge on any atom is 0.345 e. The molecule has 0 amide bonds. The second-order valence-corrected chi connectivity index (χ2v) is 4.69. The van der Waals surface area contributed by atoms with Gasteiger partial charge in [0, 0.05) is 23.0 Å². The first-order valence-electron chi connectivity index (χ1n) is 6.04. The number of pyridine rings is 1. The van der Waals surface area contributed by atoms with Crippen molar-refractivity contribution in [2.24, 2.45) is 0 Å². The molecular formula is C16H10ClNO2. The van der Waals surface area contributed by atoms with Crippen molar-refractivity contribution in [1.82, 2.24) is 4.98 Å². The number of aromatic nitrogens is 1. The molecule has 20 heavy (non-hydrogen) atoms. The second kappa shape index (κ2) is 5.31. The Balaban J connectivity index is 1.91. The van der Waals surface area contributed by atoms with E-state index in [0.29, 0.717) is 16.3 Å². The molecule has 2 aliphatic carbocycles. The number of rotatable bonds is 2. The molecule has 0 radical (unpaired) electrons. The summed E-state index contributed by atoms with van der Waals surface area (Å²) in [6, 6.07) is 14.3. The molecule has 1 heterocycles. The van der Waals surface area contributed by atoms with Gasteiger partial charge in [-0.1, -0.05) is 23.7 Å². The molecule has 1 aromatic heterocycles. The predicted octanol–water partition coefficient (Wildman–Crippen LogP) is 4.06. The Hall–Kier alpha value is -2.39. The normalized spacial score (nSPS) is 10.4. The highest BCUT2D eigenvalue weighted by Crippen LogP contribution is 2.34. The molecule has 98 valence electrons. The second-order valence-electron chi connectivity index (χ2n) is 4.25. The Kier molecular flexibility index (Phi) is 3.35. The van der Waals surface area contributed by atoms with E-state index in [1.54, 1.807) is 36.5 Å². The smallest absolute Gasteiger partial charge is 0.345 e. The number of fused-ring (bicyclic) bond motifs is 1. The van der Waals surface area contributed by atoms with Crippen molar-refractivity contribution in [2.75, 3.05) is 0 Å². The lowest BCUT2D eigenvalue weighted by atomic mass is 10.2. The van der Waals surface area contributed by atoms with Crippen LogP contribution in [0.15, 0.2) is 60.9 Å². The number of esters is 1. The zero-order valence-corrected chi connectivity index (χ0v) is 11.2. The Morgan fingerprint density at radius 3 is 2.65 bits per heavy atom. The van der Waals surface area contributed by atoms with Crippen LogP contribution in [0.1, 0.15) is 10.4 Å². The zero-order valence-electron chi connectivity index (χ0n) is 10.4. The lowest BCUT2D eigenvalue weighted by Crippen LogP contribution is -2.08. The van der Waals surface area contributed by atoms with Crippen LogP contribution in [-0.4, -0.2) is 11.0 Å². The summed E-state index contributed by atoms with van der Waals surface area (Å²) < 4.78 is 5.41. The average Bonchev–Trinajstić information content (AvgIpc) is 2.75. The van der Waals surface area contributed by atoms with Crippen LogP contribution in [0.4, 0.5) is 0 Å². The largest absolute Gasteiger partial charge is 0.422 e. The number of halogens is 1. The Morgan fingerprint density at radius 1 is 1.05 bits per heavy atom. The summed E-state index contributed by atoms with van der Waals surface area (Å²) in [5.74, 6) is 0.0873. The zero-order chi connectivity index (χ0) is 13.9. The van der Waals surface area contributed by atoms with Gasteiger partial charge in [-0.15, -0.1) is 0 Å². The van der Waals surface area contributed by atoms with Gasteiger partial charge in [0.05, 0.1) is 5.56 Å². The van der Waals surface area contributed by atoms with Crippen LogP contribution in [0.3, 0.4) is 0 Å². The summed E-state index contributed by atoms with van der Waals surface area (Å²) in [5, 5.41) is 0.630. The summed E-state index contributed by atoms with van der Waals surface area (Å²) in [6.45, 7) is 0. The summed E-state index contributed by atoms with van der Waals surface area (Å²) in [5.41, 5.74) is 2.22. The molecule has 4 heteroatoms. The van der Waals surface area contributed by atoms with Gasteiger partial charge in [-0.3, -0.25) is 4.98 Å². The maximum absolute atomic E-state index is 12.0. The van der Waals surface area contributed by atoms with Crippen LogP contribution < -0.4 is 4.74 Å². The first kappa shape index (κ1) is 12.6. The molecule has 0 N–H and O–H groups in total. The van der Waals surface area contributed by atoms with E-state index in [0.717, 1.165) is 11.1 Å². The molecular weight excluding hydrogens is 274 g/mol. The van der Waals surface area contributed by atoms with Gasteiger partial charge in [0.1, 0.15) is 5.75 Å². The van der Waals surface area contributed by atoms with E-state index in [9.17, 15) is 4.79 Å². The van der Waals surface area contributed by atoms with Crippen LogP contribution >= 0.6 is 11.6 Å². The topological polar surface area (TPSA) is 39.2 Å². The van der Waals surface area contributed by atoms with Gasteiger partial charge in [-0.25, -0.2) is 4.79 Å². The number of ether oxygens (including phenoxy) is 1. The number of carbonyl (C=O) groups is 1. The molecule has 1 aromatic rings. The SMILES string of the molecule is O=C(Oc1ccc2ccc(Cl)ccc1-2)c1cccnc1. The van der Waals surface area contributed by atoms with Crippen molar-refractivity contribution in [3.05, 3.63) is 71.5 Å². The molecule has 3 rings (SSSR count). The van der Waals surface area contributed by atoms with E-state index in [2.05, 4.69) is 4.98 Å². The van der Waals surface area contributed by atoms with Crippen molar-refractivity contribution in [3.63, 3.8) is 0 Å². The first-order chi connectivity index (χ1) is 9.74. The van der Waals surface area contributed by atoms with E-state index in [4.69, 9.17) is 16.3 Å². The van der Waals surface area contributed by atoms with Gasteiger partial charge >= 0.3 is 5.97 Å². The third kappa shape index (κ3) is 2.49. The van der Waals surface area contributed by atoms with E-state index in [1.165, 1.54) is 6.20 Å². The molecule has 0 spiro atoms. The Bertz CT molecular complexity index is 728. The fraction of sp³-hybridized carbons (Fsp3) is 0. The molecule has 2 aliphatic rings. The highest BCUT2D eigenvalue weighted by atomic mass is 35.5. The number of nitrogens with zero attached hydrogens (tertiary/aromatic N) is 1. The minimum absolute atomic E-state index is 0.417. The van der Waals surface area contributed by atoms with E-state index >= 15 is 0 Å². The van der Waals surface area contributed by atoms with Crippen LogP contribution in [0, 0.1) is 0 Å². The van der Waals surface area contributed by atoms with E-state index in [1.807, 2.05) is 18.2 Å². The number of hydrogen-bond donors (Lipinski definition) is 0. The number of carbonyl (C=O) groups excluding carboxylic acids is 1. The third-order valence-electron chi connectivity index (χ3n) is 2.92. The van der Waals surface area contributed by atoms with Gasteiger partial charge in [-0.2, -0.15) is 0 Å². The molecule has 0 atom stereocenters. The molecule has 0 bridgehead atoms. The fourth-order valence-electron chi connectivity index (χ4n) is 1.93. The van der Waals surface area contributed by atoms with Crippen molar-refractivity contribution >= 4 is 17.6 Å². The number of hydrogen-bond acceptors (Lipinski definition) is 3. The molecule has 0 saturated carbocycles. The van der Waals surface area contributed by atoms with Crippen LogP contribution in [0.25, 0.3) is 11.1 Å². The summed E-state index contributed by atoms with van der Waals surface area (Å²) in [4.78, 5) is 15.9. The summed E-state index contributed by atoms with van der Waals surface area (Å²) >= 11 is 5.95. The average molecular weight is 284 g/mol. The van der Waals surface area contributed by atoms with Crippen molar-refractivity contribution in [3.8, 4) is 16.9 Å². The highest BCUT2D eigenvalue weighted by molar-refractivity contribution is 6.30. The van der Waals surface area contributed by atoms with Crippen LogP contribution in [-0.2, 0) is 0 Å². The van der Waals surface area contributed by atoms with Gasteiger partial charge in [0.15, 0.2) is 0 Å². The van der Waals surface area contributed by atoms with Gasteiger partial charge in [0.25, 0.3) is 0 Å². The lowest BCUT2D eigenvalue weighted by molar-refractivity contribution is 0.0735. The van der Waals surface area contributed by atoms with E-state index in [-0.39, 0.29) is 0 Å². The lowest BCUT2D eigenvalue weighted by Gasteiger charge is -2.04. The Labute approximate surface area is 121 Å². The Morgan fingerprint density at radius 2 is 1.85 bits per heavy atom. The molecule has 0 saturated heterocycles. The van der Waals surface area contributed by atoms with Crippen molar-refractivity contribution in [1.29, 1.82) is 0 Å². The van der Waals surface area contributed by atoms with E-state index < -0.39 is 5.97 Å². The minimum atomic E-state index is -0.428. The first-order valence-corrected chi connectivity index (χ1v) is 6.42. The third-order valence-corrected chi connectivity index (χ3v) is 3.17. The highest BCUT2D eigenvalue weighted by Gasteiger charge is 2.14. The molecule has 0 fully saturated rings. The fourth-order valence-corrected chi connectivity index (χ4v) is 2.06. The van der Waals surface area contributed by atoms with Crippen LogP contribution in [0.2, 0.25) is 5.02 Å². The summed E-state index contributed by atoms with van der Waals surface area (Å²) in [6.07, 6.45) is 3.08. The van der Waals surface area contributed by atoms with Gasteiger partial charge in [-0.05, 0) is 42.0 Å². The quantitative estimate of drug-likeness (QED) is 0.666.